The van der Waals surface area contributed by atoms with Crippen LogP contribution in [0.25, 0.3) is 0 Å². The summed E-state index contributed by atoms with van der Waals surface area (Å²) in [6, 6.07) is 5.32. The predicted molar refractivity (Wildman–Crippen MR) is 65.1 cm³/mol. The van der Waals surface area contributed by atoms with E-state index in [-0.39, 0.29) is 5.75 Å². The lowest BCUT2D eigenvalue weighted by Gasteiger charge is -2.27. The Morgan fingerprint density at radius 2 is 2.00 bits per heavy atom. The molecule has 1 saturated carbocycles. The molecule has 1 aliphatic rings. The Kier molecular flexibility index (Phi) is 3.97. The summed E-state index contributed by atoms with van der Waals surface area (Å²) in [6.45, 7) is 0.636. The molecule has 17 heavy (non-hydrogen) atoms. The van der Waals surface area contributed by atoms with Crippen molar-refractivity contribution in [1.82, 2.24) is 5.32 Å². The van der Waals surface area contributed by atoms with Crippen molar-refractivity contribution >= 4 is 0 Å². The summed E-state index contributed by atoms with van der Waals surface area (Å²) >= 11 is 0. The molecule has 0 spiro atoms. The molecule has 1 aromatic carbocycles. The van der Waals surface area contributed by atoms with E-state index in [1.54, 1.807) is 6.07 Å². The smallest absolute Gasteiger partial charge is 0.165 e. The number of nitrogens with one attached hydrogen (secondary N) is 1. The van der Waals surface area contributed by atoms with Crippen LogP contribution in [-0.4, -0.2) is 17.2 Å². The van der Waals surface area contributed by atoms with Gasteiger partial charge in [0.1, 0.15) is 0 Å². The van der Waals surface area contributed by atoms with Crippen LogP contribution in [0, 0.1) is 5.82 Å². The van der Waals surface area contributed by atoms with Crippen LogP contribution < -0.4 is 11.1 Å². The lowest BCUT2D eigenvalue weighted by atomic mass is 9.92. The van der Waals surface area contributed by atoms with E-state index in [1.165, 1.54) is 12.1 Å². The van der Waals surface area contributed by atoms with Gasteiger partial charge in [-0.25, -0.2) is 4.39 Å². The molecule has 1 aliphatic carbocycles. The third kappa shape index (κ3) is 3.41. The molecule has 1 fully saturated rings. The van der Waals surface area contributed by atoms with Crippen molar-refractivity contribution in [2.24, 2.45) is 5.73 Å². The van der Waals surface area contributed by atoms with E-state index in [4.69, 9.17) is 10.8 Å². The summed E-state index contributed by atoms with van der Waals surface area (Å²) in [4.78, 5) is 0. The first-order valence-corrected chi connectivity index (χ1v) is 6.11. The van der Waals surface area contributed by atoms with E-state index in [0.717, 1.165) is 31.2 Å². The number of phenolic OH excluding ortho intramolecular Hbond substituents is 1. The number of aromatic hydroxyl groups is 1. The number of hydrogen-bond acceptors (Lipinski definition) is 3. The molecule has 4 heteroatoms. The van der Waals surface area contributed by atoms with Gasteiger partial charge in [-0.2, -0.15) is 0 Å². The molecule has 0 saturated heterocycles. The Morgan fingerprint density at radius 3 is 2.65 bits per heavy atom. The van der Waals surface area contributed by atoms with Crippen molar-refractivity contribution < 1.29 is 9.50 Å². The van der Waals surface area contributed by atoms with Crippen LogP contribution in [-0.2, 0) is 6.54 Å². The molecule has 0 radical (unpaired) electrons. The minimum absolute atomic E-state index is 0.294. The van der Waals surface area contributed by atoms with Crippen molar-refractivity contribution in [3.05, 3.63) is 29.6 Å². The summed E-state index contributed by atoms with van der Waals surface area (Å²) in [7, 11) is 0. The number of benzene rings is 1. The minimum Gasteiger partial charge on any atom is -0.505 e. The zero-order valence-corrected chi connectivity index (χ0v) is 9.82. The second kappa shape index (κ2) is 5.47. The van der Waals surface area contributed by atoms with Gasteiger partial charge in [-0.05, 0) is 43.4 Å². The van der Waals surface area contributed by atoms with Crippen molar-refractivity contribution in [3.8, 4) is 5.75 Å². The predicted octanol–water partition coefficient (Wildman–Crippen LogP) is 1.89. The van der Waals surface area contributed by atoms with Crippen molar-refractivity contribution in [1.29, 1.82) is 0 Å². The maximum atomic E-state index is 13.1. The second-order valence-corrected chi connectivity index (χ2v) is 4.78. The topological polar surface area (TPSA) is 58.3 Å². The standard InChI is InChI=1S/C13H19FN2O/c14-12-7-9(1-6-13(12)17)8-16-11-4-2-10(15)3-5-11/h1,6-7,10-11,16-17H,2-5,8,15H2. The lowest BCUT2D eigenvalue weighted by Crippen LogP contribution is -2.37. The fourth-order valence-corrected chi connectivity index (χ4v) is 2.25. The average Bonchev–Trinajstić information content (AvgIpc) is 2.33. The number of halogens is 1. The Hall–Kier alpha value is -1.13. The molecule has 2 rings (SSSR count). The Labute approximate surface area is 101 Å². The molecule has 0 aliphatic heterocycles. The van der Waals surface area contributed by atoms with E-state index in [2.05, 4.69) is 5.32 Å². The Morgan fingerprint density at radius 1 is 1.29 bits per heavy atom. The first-order valence-electron chi connectivity index (χ1n) is 6.11. The summed E-state index contributed by atoms with van der Waals surface area (Å²) in [5, 5.41) is 12.5. The fraction of sp³-hybridized carbons (Fsp3) is 0.538. The largest absolute Gasteiger partial charge is 0.505 e. The summed E-state index contributed by atoms with van der Waals surface area (Å²) in [5.41, 5.74) is 6.69. The highest BCUT2D eigenvalue weighted by molar-refractivity contribution is 5.27. The molecule has 0 bridgehead atoms. The van der Waals surface area contributed by atoms with Crippen molar-refractivity contribution in [2.75, 3.05) is 0 Å². The number of nitrogens with two attached hydrogens (primary N) is 1. The monoisotopic (exact) mass is 238 g/mol. The Balaban J connectivity index is 1.83. The first-order chi connectivity index (χ1) is 8.15. The highest BCUT2D eigenvalue weighted by atomic mass is 19.1. The van der Waals surface area contributed by atoms with Crippen LogP contribution in [0.5, 0.6) is 5.75 Å². The lowest BCUT2D eigenvalue weighted by molar-refractivity contribution is 0.341. The molecule has 3 nitrogen and oxygen atoms in total. The first kappa shape index (κ1) is 12.3. The van der Waals surface area contributed by atoms with Crippen molar-refractivity contribution in [2.45, 2.75) is 44.3 Å². The highest BCUT2D eigenvalue weighted by Crippen LogP contribution is 2.19. The molecule has 0 heterocycles. The van der Waals surface area contributed by atoms with Crippen LogP contribution in [0.2, 0.25) is 0 Å². The molecule has 0 amide bonds. The number of hydrogen-bond donors (Lipinski definition) is 3. The van der Waals surface area contributed by atoms with E-state index in [1.807, 2.05) is 0 Å². The van der Waals surface area contributed by atoms with Gasteiger partial charge in [-0.3, -0.25) is 0 Å². The van der Waals surface area contributed by atoms with Crippen LogP contribution >= 0.6 is 0 Å². The van der Waals surface area contributed by atoms with E-state index < -0.39 is 5.82 Å². The van der Waals surface area contributed by atoms with Crippen LogP contribution in [0.1, 0.15) is 31.2 Å². The fourth-order valence-electron chi connectivity index (χ4n) is 2.25. The SMILES string of the molecule is NC1CCC(NCc2ccc(O)c(F)c2)CC1. The highest BCUT2D eigenvalue weighted by Gasteiger charge is 2.17. The Bertz CT molecular complexity index is 376. The van der Waals surface area contributed by atoms with Crippen LogP contribution in [0.3, 0.4) is 0 Å². The molecular formula is C13H19FN2O. The quantitative estimate of drug-likeness (QED) is 0.753. The maximum absolute atomic E-state index is 13.1. The molecule has 4 N–H and O–H groups in total. The second-order valence-electron chi connectivity index (χ2n) is 4.78. The van der Waals surface area contributed by atoms with Gasteiger partial charge in [0.15, 0.2) is 11.6 Å². The summed E-state index contributed by atoms with van der Waals surface area (Å²) in [5.74, 6) is -0.854. The molecule has 94 valence electrons. The van der Waals surface area contributed by atoms with Gasteiger partial charge in [0.05, 0.1) is 0 Å². The zero-order valence-electron chi connectivity index (χ0n) is 9.82. The van der Waals surface area contributed by atoms with Gasteiger partial charge in [0.2, 0.25) is 0 Å². The van der Waals surface area contributed by atoms with Gasteiger partial charge >= 0.3 is 0 Å². The van der Waals surface area contributed by atoms with E-state index in [0.29, 0.717) is 18.6 Å². The van der Waals surface area contributed by atoms with Crippen LogP contribution in [0.4, 0.5) is 4.39 Å². The van der Waals surface area contributed by atoms with Crippen molar-refractivity contribution in [3.63, 3.8) is 0 Å². The summed E-state index contributed by atoms with van der Waals surface area (Å²) < 4.78 is 13.1. The van der Waals surface area contributed by atoms with Crippen LogP contribution in [0.15, 0.2) is 18.2 Å². The van der Waals surface area contributed by atoms with E-state index in [9.17, 15) is 4.39 Å². The molecule has 0 unspecified atom stereocenters. The summed E-state index contributed by atoms with van der Waals surface area (Å²) in [6.07, 6.45) is 4.28. The molecule has 0 aromatic heterocycles. The number of phenols is 1. The zero-order chi connectivity index (χ0) is 12.3. The third-order valence-electron chi connectivity index (χ3n) is 3.38. The van der Waals surface area contributed by atoms with Gasteiger partial charge < -0.3 is 16.2 Å². The van der Waals surface area contributed by atoms with Gasteiger partial charge in [0, 0.05) is 18.6 Å². The number of rotatable bonds is 3. The molecular weight excluding hydrogens is 219 g/mol. The third-order valence-corrected chi connectivity index (χ3v) is 3.38. The van der Waals surface area contributed by atoms with Gasteiger partial charge in [0.25, 0.3) is 0 Å². The average molecular weight is 238 g/mol. The van der Waals surface area contributed by atoms with Gasteiger partial charge in [-0.15, -0.1) is 0 Å². The minimum atomic E-state index is -0.560. The van der Waals surface area contributed by atoms with Gasteiger partial charge in [-0.1, -0.05) is 6.07 Å². The maximum Gasteiger partial charge on any atom is 0.165 e. The normalized spacial score (nSPS) is 24.8. The molecule has 0 atom stereocenters. The molecule has 1 aromatic rings. The van der Waals surface area contributed by atoms with E-state index >= 15 is 0 Å².